The normalized spacial score (nSPS) is 14.4. The largest absolute Gasteiger partial charge is 0.324 e. The van der Waals surface area contributed by atoms with E-state index < -0.39 is 0 Å². The second kappa shape index (κ2) is 11.5. The van der Waals surface area contributed by atoms with E-state index in [1.54, 1.807) is 0 Å². The van der Waals surface area contributed by atoms with Crippen LogP contribution in [0.15, 0.2) is 168 Å². The molecule has 0 aliphatic carbocycles. The zero-order valence-electron chi connectivity index (χ0n) is 22.9. The van der Waals surface area contributed by atoms with Crippen LogP contribution in [0.25, 0.3) is 33.6 Å². The standard InChI is InChI=1S/C38H28N4/c1-5-14-27(15-6-1)34-25-33(26-35(39-34)28-16-7-2-8-17-28)31-22-13-23-32(24-31)38-41-36(29-18-9-3-10-19-29)40-37(42-38)30-20-11-4-12-21-30/h1-26,36H,(H,40,41,42). The van der Waals surface area contributed by atoms with Gasteiger partial charge < -0.3 is 5.32 Å². The Morgan fingerprint density at radius 2 is 0.833 bits per heavy atom. The third kappa shape index (κ3) is 5.38. The molecule has 2 heterocycles. The van der Waals surface area contributed by atoms with E-state index in [0.29, 0.717) is 0 Å². The summed E-state index contributed by atoms with van der Waals surface area (Å²) < 4.78 is 0. The van der Waals surface area contributed by atoms with Crippen molar-refractivity contribution < 1.29 is 0 Å². The Morgan fingerprint density at radius 3 is 1.40 bits per heavy atom. The third-order valence-electron chi connectivity index (χ3n) is 7.32. The van der Waals surface area contributed by atoms with Gasteiger partial charge in [-0.3, -0.25) is 0 Å². The first-order valence-electron chi connectivity index (χ1n) is 14.1. The predicted octanol–water partition coefficient (Wildman–Crippen LogP) is 8.58. The van der Waals surface area contributed by atoms with Crippen LogP contribution in [0, 0.1) is 0 Å². The fourth-order valence-electron chi connectivity index (χ4n) is 5.17. The van der Waals surface area contributed by atoms with Crippen LogP contribution in [0.4, 0.5) is 0 Å². The van der Waals surface area contributed by atoms with E-state index in [0.717, 1.165) is 62.0 Å². The zero-order chi connectivity index (χ0) is 28.1. The number of pyridine rings is 1. The molecule has 1 atom stereocenters. The molecule has 0 radical (unpaired) electrons. The van der Waals surface area contributed by atoms with Gasteiger partial charge in [-0.05, 0) is 34.9 Å². The summed E-state index contributed by atoms with van der Waals surface area (Å²) in [5, 5.41) is 3.53. The van der Waals surface area contributed by atoms with Crippen LogP contribution in [-0.2, 0) is 0 Å². The summed E-state index contributed by atoms with van der Waals surface area (Å²) in [6, 6.07) is 54.0. The molecular formula is C38H28N4. The molecule has 0 fully saturated rings. The lowest BCUT2D eigenvalue weighted by Crippen LogP contribution is -2.36. The van der Waals surface area contributed by atoms with E-state index in [4.69, 9.17) is 15.0 Å². The molecule has 0 saturated heterocycles. The second-order valence-electron chi connectivity index (χ2n) is 10.2. The van der Waals surface area contributed by atoms with Crippen molar-refractivity contribution >= 4 is 11.7 Å². The highest BCUT2D eigenvalue weighted by Crippen LogP contribution is 2.31. The maximum atomic E-state index is 5.07. The average molecular weight is 541 g/mol. The minimum Gasteiger partial charge on any atom is -0.324 e. The van der Waals surface area contributed by atoms with Gasteiger partial charge in [0.2, 0.25) is 0 Å². The van der Waals surface area contributed by atoms with Crippen molar-refractivity contribution in [3.05, 3.63) is 174 Å². The second-order valence-corrected chi connectivity index (χ2v) is 10.2. The Morgan fingerprint density at radius 1 is 0.381 bits per heavy atom. The van der Waals surface area contributed by atoms with Crippen molar-refractivity contribution in [3.63, 3.8) is 0 Å². The maximum Gasteiger partial charge on any atom is 0.169 e. The van der Waals surface area contributed by atoms with Crippen LogP contribution in [0.3, 0.4) is 0 Å². The SMILES string of the molecule is c1ccc(C2=NC(c3ccccc3)N=C(c3cccc(-c4cc(-c5ccccc5)nc(-c5ccccc5)c4)c3)N2)cc1. The number of amidine groups is 2. The van der Waals surface area contributed by atoms with Gasteiger partial charge in [0.1, 0.15) is 11.7 Å². The van der Waals surface area contributed by atoms with Gasteiger partial charge in [-0.25, -0.2) is 15.0 Å². The van der Waals surface area contributed by atoms with Crippen LogP contribution in [0.1, 0.15) is 22.9 Å². The molecule has 1 N–H and O–H groups in total. The maximum absolute atomic E-state index is 5.07. The van der Waals surface area contributed by atoms with Gasteiger partial charge in [0.15, 0.2) is 6.17 Å². The van der Waals surface area contributed by atoms with Crippen molar-refractivity contribution in [1.82, 2.24) is 10.3 Å². The van der Waals surface area contributed by atoms with Crippen LogP contribution in [-0.4, -0.2) is 16.7 Å². The number of hydrogen-bond donors (Lipinski definition) is 1. The minimum absolute atomic E-state index is 0.336. The molecule has 0 spiro atoms. The van der Waals surface area contributed by atoms with Crippen molar-refractivity contribution in [2.45, 2.75) is 6.17 Å². The Bertz CT molecular complexity index is 1820. The van der Waals surface area contributed by atoms with E-state index in [9.17, 15) is 0 Å². The average Bonchev–Trinajstić information content (AvgIpc) is 3.09. The molecule has 0 amide bonds. The van der Waals surface area contributed by atoms with Gasteiger partial charge in [-0.15, -0.1) is 0 Å². The van der Waals surface area contributed by atoms with E-state index >= 15 is 0 Å². The molecule has 0 saturated carbocycles. The van der Waals surface area contributed by atoms with Crippen molar-refractivity contribution in [2.75, 3.05) is 0 Å². The van der Waals surface area contributed by atoms with Crippen molar-refractivity contribution in [3.8, 4) is 33.6 Å². The smallest absolute Gasteiger partial charge is 0.169 e. The number of aliphatic imine (C=N–C) groups is 2. The number of rotatable bonds is 6. The summed E-state index contributed by atoms with van der Waals surface area (Å²) in [4.78, 5) is 15.1. The molecule has 42 heavy (non-hydrogen) atoms. The zero-order valence-corrected chi connectivity index (χ0v) is 22.9. The van der Waals surface area contributed by atoms with E-state index in [1.807, 2.05) is 48.5 Å². The Kier molecular flexibility index (Phi) is 6.93. The molecule has 1 aliphatic rings. The number of hydrogen-bond acceptors (Lipinski definition) is 4. The van der Waals surface area contributed by atoms with Crippen molar-refractivity contribution in [1.29, 1.82) is 0 Å². The third-order valence-corrected chi connectivity index (χ3v) is 7.32. The number of benzene rings is 5. The lowest BCUT2D eigenvalue weighted by Gasteiger charge is -2.22. The summed E-state index contributed by atoms with van der Waals surface area (Å²) in [7, 11) is 0. The number of aromatic nitrogens is 1. The lowest BCUT2D eigenvalue weighted by atomic mass is 9.98. The highest BCUT2D eigenvalue weighted by atomic mass is 15.2. The summed E-state index contributed by atoms with van der Waals surface area (Å²) in [6.07, 6.45) is -0.336. The molecule has 7 rings (SSSR count). The molecular weight excluding hydrogens is 512 g/mol. The summed E-state index contributed by atoms with van der Waals surface area (Å²) in [5.41, 5.74) is 9.30. The minimum atomic E-state index is -0.336. The van der Waals surface area contributed by atoms with Crippen molar-refractivity contribution in [2.24, 2.45) is 9.98 Å². The summed E-state index contributed by atoms with van der Waals surface area (Å²) >= 11 is 0. The fourth-order valence-corrected chi connectivity index (χ4v) is 5.17. The topological polar surface area (TPSA) is 49.6 Å². The Hall–Kier alpha value is -5.61. The Balaban J connectivity index is 1.32. The fraction of sp³-hybridized carbons (Fsp3) is 0.0263. The molecule has 6 aromatic rings. The van der Waals surface area contributed by atoms with Gasteiger partial charge in [0, 0.05) is 22.3 Å². The highest BCUT2D eigenvalue weighted by Gasteiger charge is 2.21. The monoisotopic (exact) mass is 540 g/mol. The van der Waals surface area contributed by atoms with Crippen LogP contribution >= 0.6 is 0 Å². The van der Waals surface area contributed by atoms with E-state index in [-0.39, 0.29) is 6.17 Å². The van der Waals surface area contributed by atoms with Gasteiger partial charge in [-0.2, -0.15) is 0 Å². The van der Waals surface area contributed by atoms with Gasteiger partial charge >= 0.3 is 0 Å². The van der Waals surface area contributed by atoms with Crippen LogP contribution < -0.4 is 5.32 Å². The first-order chi connectivity index (χ1) is 20.8. The molecule has 5 aromatic carbocycles. The van der Waals surface area contributed by atoms with Gasteiger partial charge in [-0.1, -0.05) is 140 Å². The number of nitrogens with zero attached hydrogens (tertiary/aromatic N) is 3. The van der Waals surface area contributed by atoms with Crippen LogP contribution in [0.2, 0.25) is 0 Å². The summed E-state index contributed by atoms with van der Waals surface area (Å²) in [5.74, 6) is 1.60. The molecule has 1 aliphatic heterocycles. The quantitative estimate of drug-likeness (QED) is 0.230. The van der Waals surface area contributed by atoms with Gasteiger partial charge in [0.25, 0.3) is 0 Å². The number of nitrogens with one attached hydrogen (secondary N) is 1. The molecule has 4 nitrogen and oxygen atoms in total. The first kappa shape index (κ1) is 25.4. The van der Waals surface area contributed by atoms with E-state index in [1.165, 1.54) is 0 Å². The molecule has 1 unspecified atom stereocenters. The van der Waals surface area contributed by atoms with Crippen LogP contribution in [0.5, 0.6) is 0 Å². The summed E-state index contributed by atoms with van der Waals surface area (Å²) in [6.45, 7) is 0. The molecule has 200 valence electrons. The molecule has 4 heteroatoms. The highest BCUT2D eigenvalue weighted by molar-refractivity contribution is 6.16. The van der Waals surface area contributed by atoms with E-state index in [2.05, 4.69) is 115 Å². The van der Waals surface area contributed by atoms with Gasteiger partial charge in [0.05, 0.1) is 11.4 Å². The lowest BCUT2D eigenvalue weighted by molar-refractivity contribution is 0.756. The predicted molar refractivity (Wildman–Crippen MR) is 172 cm³/mol. The Labute approximate surface area is 245 Å². The molecule has 1 aromatic heterocycles. The molecule has 0 bridgehead atoms. The first-order valence-corrected chi connectivity index (χ1v) is 14.1.